The van der Waals surface area contributed by atoms with Crippen molar-refractivity contribution in [3.63, 3.8) is 0 Å². The molecule has 0 bridgehead atoms. The van der Waals surface area contributed by atoms with Crippen molar-refractivity contribution >= 4 is 28.1 Å². The molecule has 1 N–H and O–H groups in total. The minimum absolute atomic E-state index is 0.600. The molecule has 6 heteroatoms. The summed E-state index contributed by atoms with van der Waals surface area (Å²) in [4.78, 5) is 10.8. The third kappa shape index (κ3) is 2.90. The van der Waals surface area contributed by atoms with E-state index in [0.717, 1.165) is 22.6 Å². The molecule has 24 heavy (non-hydrogen) atoms. The van der Waals surface area contributed by atoms with E-state index < -0.39 is 0 Å². The highest BCUT2D eigenvalue weighted by atomic mass is 16.5. The Morgan fingerprint density at radius 2 is 1.67 bits per heavy atom. The number of benzene rings is 2. The SMILES string of the molecule is COc1ccc2c(Nc3ccc(N(C)C)cc3)ncnc2c1OC. The number of ether oxygens (including phenoxy) is 2. The summed E-state index contributed by atoms with van der Waals surface area (Å²) in [7, 11) is 7.24. The number of methoxy groups -OCH3 is 2. The second kappa shape index (κ2) is 6.62. The first-order valence-corrected chi connectivity index (χ1v) is 7.54. The number of rotatable bonds is 5. The van der Waals surface area contributed by atoms with E-state index in [4.69, 9.17) is 9.47 Å². The van der Waals surface area contributed by atoms with Crippen molar-refractivity contribution in [1.82, 2.24) is 9.97 Å². The van der Waals surface area contributed by atoms with Crippen molar-refractivity contribution < 1.29 is 9.47 Å². The summed E-state index contributed by atoms with van der Waals surface area (Å²) < 4.78 is 10.8. The van der Waals surface area contributed by atoms with Crippen molar-refractivity contribution in [2.45, 2.75) is 0 Å². The normalized spacial score (nSPS) is 10.5. The predicted octanol–water partition coefficient (Wildman–Crippen LogP) is 3.46. The van der Waals surface area contributed by atoms with Crippen molar-refractivity contribution in [1.29, 1.82) is 0 Å². The minimum Gasteiger partial charge on any atom is -0.493 e. The highest BCUT2D eigenvalue weighted by molar-refractivity contribution is 5.95. The number of anilines is 3. The molecule has 0 amide bonds. The molecule has 0 saturated heterocycles. The van der Waals surface area contributed by atoms with Crippen LogP contribution >= 0.6 is 0 Å². The molecule has 0 atom stereocenters. The number of nitrogens with one attached hydrogen (secondary N) is 1. The van der Waals surface area contributed by atoms with Crippen LogP contribution in [0.5, 0.6) is 11.5 Å². The van der Waals surface area contributed by atoms with E-state index in [1.165, 1.54) is 6.33 Å². The summed E-state index contributed by atoms with van der Waals surface area (Å²) >= 11 is 0. The maximum Gasteiger partial charge on any atom is 0.187 e. The van der Waals surface area contributed by atoms with E-state index in [1.807, 2.05) is 38.4 Å². The molecule has 3 rings (SSSR count). The lowest BCUT2D eigenvalue weighted by molar-refractivity contribution is 0.358. The fraction of sp³-hybridized carbons (Fsp3) is 0.222. The van der Waals surface area contributed by atoms with Crippen molar-refractivity contribution in [3.8, 4) is 11.5 Å². The van der Waals surface area contributed by atoms with Gasteiger partial charge in [-0.25, -0.2) is 9.97 Å². The van der Waals surface area contributed by atoms with Gasteiger partial charge < -0.3 is 19.7 Å². The topological polar surface area (TPSA) is 59.5 Å². The van der Waals surface area contributed by atoms with Gasteiger partial charge in [0.2, 0.25) is 0 Å². The Kier molecular flexibility index (Phi) is 4.37. The molecule has 1 aromatic heterocycles. The third-order valence-electron chi connectivity index (χ3n) is 3.79. The van der Waals surface area contributed by atoms with Crippen LogP contribution in [0.4, 0.5) is 17.2 Å². The summed E-state index contributed by atoms with van der Waals surface area (Å²) in [5.74, 6) is 1.96. The molecule has 0 aliphatic heterocycles. The molecule has 0 aliphatic rings. The second-order valence-corrected chi connectivity index (χ2v) is 5.49. The molecule has 0 saturated carbocycles. The van der Waals surface area contributed by atoms with Gasteiger partial charge in [-0.05, 0) is 36.4 Å². The van der Waals surface area contributed by atoms with Gasteiger partial charge in [-0.3, -0.25) is 0 Å². The zero-order valence-electron chi connectivity index (χ0n) is 14.2. The lowest BCUT2D eigenvalue weighted by Gasteiger charge is -2.14. The maximum atomic E-state index is 5.45. The largest absolute Gasteiger partial charge is 0.493 e. The molecule has 1 heterocycles. The van der Waals surface area contributed by atoms with Gasteiger partial charge in [0.25, 0.3) is 0 Å². The van der Waals surface area contributed by atoms with Crippen molar-refractivity contribution in [2.24, 2.45) is 0 Å². The van der Waals surface area contributed by atoms with Gasteiger partial charge in [0.1, 0.15) is 17.7 Å². The summed E-state index contributed by atoms with van der Waals surface area (Å²) in [6.07, 6.45) is 1.51. The molecule has 0 radical (unpaired) electrons. The molecule has 0 unspecified atom stereocenters. The number of hydrogen-bond acceptors (Lipinski definition) is 6. The Bertz CT molecular complexity index is 848. The van der Waals surface area contributed by atoms with Crippen LogP contribution in [0.15, 0.2) is 42.7 Å². The summed E-state index contributed by atoms with van der Waals surface area (Å²) in [5, 5.41) is 4.20. The van der Waals surface area contributed by atoms with E-state index in [2.05, 4.69) is 32.3 Å². The van der Waals surface area contributed by atoms with E-state index in [-0.39, 0.29) is 0 Å². The van der Waals surface area contributed by atoms with E-state index in [1.54, 1.807) is 14.2 Å². The Hall–Kier alpha value is -3.02. The average molecular weight is 324 g/mol. The lowest BCUT2D eigenvalue weighted by Crippen LogP contribution is -2.08. The van der Waals surface area contributed by atoms with Gasteiger partial charge in [-0.2, -0.15) is 0 Å². The Morgan fingerprint density at radius 1 is 0.917 bits per heavy atom. The predicted molar refractivity (Wildman–Crippen MR) is 96.7 cm³/mol. The standard InChI is InChI=1S/C18H20N4O2/c1-22(2)13-7-5-12(6-8-13)21-18-14-9-10-15(23-3)17(24-4)16(14)19-11-20-18/h5-11H,1-4H3,(H,19,20,21). The van der Waals surface area contributed by atoms with Crippen LogP contribution in [-0.2, 0) is 0 Å². The smallest absolute Gasteiger partial charge is 0.187 e. The molecule has 0 spiro atoms. The number of aromatic nitrogens is 2. The Labute approximate surface area is 141 Å². The molecule has 124 valence electrons. The van der Waals surface area contributed by atoms with Crippen LogP contribution in [-0.4, -0.2) is 38.3 Å². The summed E-state index contributed by atoms with van der Waals surface area (Å²) in [6, 6.07) is 11.9. The Balaban J connectivity index is 2.00. The molecule has 2 aromatic carbocycles. The van der Waals surface area contributed by atoms with Gasteiger partial charge in [-0.15, -0.1) is 0 Å². The van der Waals surface area contributed by atoms with E-state index in [9.17, 15) is 0 Å². The molecule has 0 aliphatic carbocycles. The first-order valence-electron chi connectivity index (χ1n) is 7.54. The van der Waals surface area contributed by atoms with E-state index in [0.29, 0.717) is 17.0 Å². The van der Waals surface area contributed by atoms with Gasteiger partial charge in [0.15, 0.2) is 11.5 Å². The quantitative estimate of drug-likeness (QED) is 0.775. The third-order valence-corrected chi connectivity index (χ3v) is 3.79. The second-order valence-electron chi connectivity index (χ2n) is 5.49. The van der Waals surface area contributed by atoms with Crippen LogP contribution in [0, 0.1) is 0 Å². The first kappa shape index (κ1) is 15.9. The number of nitrogens with zero attached hydrogens (tertiary/aromatic N) is 3. The minimum atomic E-state index is 0.600. The van der Waals surface area contributed by atoms with Crippen LogP contribution in [0.3, 0.4) is 0 Å². The lowest BCUT2D eigenvalue weighted by atomic mass is 10.2. The van der Waals surface area contributed by atoms with Crippen molar-refractivity contribution in [3.05, 3.63) is 42.7 Å². The number of fused-ring (bicyclic) bond motifs is 1. The van der Waals surface area contributed by atoms with Gasteiger partial charge in [-0.1, -0.05) is 0 Å². The van der Waals surface area contributed by atoms with Gasteiger partial charge in [0, 0.05) is 30.9 Å². The zero-order chi connectivity index (χ0) is 17.1. The van der Waals surface area contributed by atoms with Crippen LogP contribution in [0.25, 0.3) is 10.9 Å². The maximum absolute atomic E-state index is 5.45. The fourth-order valence-corrected chi connectivity index (χ4v) is 2.52. The Morgan fingerprint density at radius 3 is 2.29 bits per heavy atom. The van der Waals surface area contributed by atoms with Gasteiger partial charge >= 0.3 is 0 Å². The molecule has 6 nitrogen and oxygen atoms in total. The fourth-order valence-electron chi connectivity index (χ4n) is 2.52. The summed E-state index contributed by atoms with van der Waals surface area (Å²) in [6.45, 7) is 0. The average Bonchev–Trinajstić information content (AvgIpc) is 2.61. The first-order chi connectivity index (χ1) is 11.6. The van der Waals surface area contributed by atoms with Crippen LogP contribution in [0.2, 0.25) is 0 Å². The van der Waals surface area contributed by atoms with Crippen LogP contribution in [0.1, 0.15) is 0 Å². The van der Waals surface area contributed by atoms with Crippen molar-refractivity contribution in [2.75, 3.05) is 38.5 Å². The monoisotopic (exact) mass is 324 g/mol. The van der Waals surface area contributed by atoms with Crippen LogP contribution < -0.4 is 19.7 Å². The molecule has 3 aromatic rings. The van der Waals surface area contributed by atoms with E-state index >= 15 is 0 Å². The highest BCUT2D eigenvalue weighted by Crippen LogP contribution is 2.36. The summed E-state index contributed by atoms with van der Waals surface area (Å²) in [5.41, 5.74) is 2.80. The zero-order valence-corrected chi connectivity index (χ0v) is 14.2. The highest BCUT2D eigenvalue weighted by Gasteiger charge is 2.13. The van der Waals surface area contributed by atoms with Gasteiger partial charge in [0.05, 0.1) is 14.2 Å². The molecular weight excluding hydrogens is 304 g/mol. The molecular formula is C18H20N4O2. The number of hydrogen-bond donors (Lipinski definition) is 1. The molecule has 0 fully saturated rings.